The molecule has 2 aromatic carbocycles. The van der Waals surface area contributed by atoms with Crippen LogP contribution in [0.25, 0.3) is 10.8 Å². The van der Waals surface area contributed by atoms with Gasteiger partial charge in [0.2, 0.25) is 11.8 Å². The Morgan fingerprint density at radius 3 is 2.56 bits per heavy atom. The number of benzene rings is 2. The van der Waals surface area contributed by atoms with Crippen molar-refractivity contribution in [3.05, 3.63) is 65.2 Å². The van der Waals surface area contributed by atoms with Gasteiger partial charge in [-0.15, -0.1) is 0 Å². The summed E-state index contributed by atoms with van der Waals surface area (Å²) in [6, 6.07) is 11.7. The standard InChI is InChI=1S/C34H38BrN3O7/c1-19(2)25(18-39)38-30-32(42)37(23-13-12-21-9-6-7-10-22(21)15-23)14-8-4-5-11-26(40)36-17-20(3)44-33(43)27-28(31(38)41)34(30)16-24(35)29(27)45-34/h4,6-10,12-13,15-16,19-20,25,27-30,39H,5,11,14,17-18H2,1-3H3,(H,36,40)/b8-4-/t20-,25-,27+,28-,29+,30+,34-/m0/s1. The molecule has 2 fully saturated rings. The Kier molecular flexibility index (Phi) is 8.62. The van der Waals surface area contributed by atoms with Crippen molar-refractivity contribution in [2.24, 2.45) is 17.8 Å². The van der Waals surface area contributed by atoms with Crippen molar-refractivity contribution in [2.45, 2.75) is 63.5 Å². The van der Waals surface area contributed by atoms with E-state index >= 15 is 4.79 Å². The van der Waals surface area contributed by atoms with Crippen molar-refractivity contribution >= 4 is 56.1 Å². The Labute approximate surface area is 270 Å². The summed E-state index contributed by atoms with van der Waals surface area (Å²) in [5.41, 5.74) is -0.842. The lowest BCUT2D eigenvalue weighted by Gasteiger charge is -2.40. The SMILES string of the molecule is CC(C)[C@H](CO)N1C(=O)[C@@H]2[C@H]3C(=O)O[C@@H](C)CNC(=O)CC/C=C\CN(c4ccc5ccccc5c4)C(=O)[C@@H]1[C@]21C=C(Br)[C@H]3O1. The fourth-order valence-electron chi connectivity index (χ4n) is 7.17. The Balaban J connectivity index is 1.51. The van der Waals surface area contributed by atoms with Crippen LogP contribution in [0.3, 0.4) is 0 Å². The van der Waals surface area contributed by atoms with Gasteiger partial charge >= 0.3 is 5.97 Å². The van der Waals surface area contributed by atoms with Crippen LogP contribution in [0.4, 0.5) is 5.69 Å². The number of likely N-dealkylation sites (tertiary alicyclic amines) is 1. The van der Waals surface area contributed by atoms with Gasteiger partial charge in [0.05, 0.1) is 25.1 Å². The number of aliphatic hydroxyl groups is 1. The van der Waals surface area contributed by atoms with E-state index in [1.54, 1.807) is 17.9 Å². The minimum Gasteiger partial charge on any atom is -0.460 e. The lowest BCUT2D eigenvalue weighted by Crippen LogP contribution is -2.59. The second kappa shape index (κ2) is 12.3. The van der Waals surface area contributed by atoms with Crippen LogP contribution in [-0.4, -0.2) is 83.3 Å². The average molecular weight is 681 g/mol. The molecule has 3 amide bonds. The summed E-state index contributed by atoms with van der Waals surface area (Å²) in [6.07, 6.45) is 4.67. The molecule has 0 radical (unpaired) electrons. The van der Waals surface area contributed by atoms with Crippen molar-refractivity contribution in [3.8, 4) is 0 Å². The fraction of sp³-hybridized carbons (Fsp3) is 0.471. The quantitative estimate of drug-likeness (QED) is 0.375. The number of esters is 1. The van der Waals surface area contributed by atoms with Crippen LogP contribution in [0, 0.1) is 17.8 Å². The lowest BCUT2D eigenvalue weighted by molar-refractivity contribution is -0.159. The normalized spacial score (nSPS) is 32.0. The maximum absolute atomic E-state index is 15.1. The third-order valence-corrected chi connectivity index (χ3v) is 10.1. The van der Waals surface area contributed by atoms with E-state index in [0.717, 1.165) is 10.8 Å². The summed E-state index contributed by atoms with van der Waals surface area (Å²) in [5.74, 6) is -3.91. The molecule has 0 aliphatic carbocycles. The highest BCUT2D eigenvalue weighted by atomic mass is 79.9. The monoisotopic (exact) mass is 679 g/mol. The molecule has 10 nitrogen and oxygen atoms in total. The summed E-state index contributed by atoms with van der Waals surface area (Å²) in [5, 5.41) is 15.3. The van der Waals surface area contributed by atoms with Gasteiger partial charge < -0.3 is 29.7 Å². The van der Waals surface area contributed by atoms with Gasteiger partial charge in [0.15, 0.2) is 0 Å². The number of ether oxygens (including phenoxy) is 2. The summed E-state index contributed by atoms with van der Waals surface area (Å²) in [7, 11) is 0. The molecule has 6 rings (SSSR count). The van der Waals surface area contributed by atoms with E-state index in [1.807, 2.05) is 68.5 Å². The highest BCUT2D eigenvalue weighted by Crippen LogP contribution is 2.59. The van der Waals surface area contributed by atoms with Crippen LogP contribution in [0.1, 0.15) is 33.6 Å². The van der Waals surface area contributed by atoms with Gasteiger partial charge in [-0.25, -0.2) is 0 Å². The van der Waals surface area contributed by atoms with E-state index < -0.39 is 59.5 Å². The molecule has 2 N–H and O–H groups in total. The number of hydrogen-bond acceptors (Lipinski definition) is 7. The predicted octanol–water partition coefficient (Wildman–Crippen LogP) is 3.46. The molecule has 2 saturated heterocycles. The predicted molar refractivity (Wildman–Crippen MR) is 171 cm³/mol. The Morgan fingerprint density at radius 1 is 1.07 bits per heavy atom. The number of allylic oxidation sites excluding steroid dienone is 1. The van der Waals surface area contributed by atoms with E-state index in [4.69, 9.17) is 9.47 Å². The van der Waals surface area contributed by atoms with Gasteiger partial charge in [-0.3, -0.25) is 19.2 Å². The first-order valence-electron chi connectivity index (χ1n) is 15.5. The molecule has 0 saturated carbocycles. The first-order chi connectivity index (χ1) is 21.6. The van der Waals surface area contributed by atoms with E-state index in [-0.39, 0.29) is 37.9 Å². The number of hydrogen-bond donors (Lipinski definition) is 2. The first kappa shape index (κ1) is 31.4. The second-order valence-electron chi connectivity index (χ2n) is 12.6. The van der Waals surface area contributed by atoms with Crippen molar-refractivity contribution in [3.63, 3.8) is 0 Å². The van der Waals surface area contributed by atoms with Crippen molar-refractivity contribution in [2.75, 3.05) is 24.6 Å². The second-order valence-corrected chi connectivity index (χ2v) is 13.5. The largest absolute Gasteiger partial charge is 0.460 e. The molecule has 1 spiro atoms. The molecule has 0 unspecified atom stereocenters. The first-order valence-corrected chi connectivity index (χ1v) is 16.3. The number of anilines is 1. The van der Waals surface area contributed by atoms with Crippen molar-refractivity contribution < 1.29 is 33.8 Å². The number of nitrogens with zero attached hydrogens (tertiary/aromatic N) is 2. The van der Waals surface area contributed by atoms with Crippen LogP contribution < -0.4 is 10.2 Å². The van der Waals surface area contributed by atoms with E-state index in [0.29, 0.717) is 16.6 Å². The van der Waals surface area contributed by atoms with E-state index in [9.17, 15) is 19.5 Å². The van der Waals surface area contributed by atoms with E-state index in [2.05, 4.69) is 21.2 Å². The number of halogens is 1. The molecule has 7 atom stereocenters. The van der Waals surface area contributed by atoms with Crippen LogP contribution in [0.5, 0.6) is 0 Å². The molecular weight excluding hydrogens is 642 g/mol. The number of carbonyl (C=O) groups is 4. The van der Waals surface area contributed by atoms with Crippen molar-refractivity contribution in [1.29, 1.82) is 0 Å². The van der Waals surface area contributed by atoms with Gasteiger partial charge in [-0.05, 0) is 48.2 Å². The number of amides is 3. The average Bonchev–Trinajstić information content (AvgIpc) is 3.60. The highest BCUT2D eigenvalue weighted by Gasteiger charge is 2.75. The molecule has 11 heteroatoms. The molecule has 4 aliphatic rings. The molecule has 4 aliphatic heterocycles. The minimum atomic E-state index is -1.46. The smallest absolute Gasteiger partial charge is 0.313 e. The summed E-state index contributed by atoms with van der Waals surface area (Å²) in [6.45, 7) is 5.37. The Hall–Kier alpha value is -3.54. The van der Waals surface area contributed by atoms with Crippen LogP contribution in [0.15, 0.2) is 65.2 Å². The third kappa shape index (κ3) is 5.38. The Morgan fingerprint density at radius 2 is 1.82 bits per heavy atom. The fourth-order valence-corrected chi connectivity index (χ4v) is 7.91. The van der Waals surface area contributed by atoms with Gasteiger partial charge in [-0.1, -0.05) is 72.3 Å². The summed E-state index contributed by atoms with van der Waals surface area (Å²) >= 11 is 3.57. The highest BCUT2D eigenvalue weighted by molar-refractivity contribution is 9.11. The topological polar surface area (TPSA) is 125 Å². The zero-order valence-electron chi connectivity index (χ0n) is 25.5. The van der Waals surface area contributed by atoms with Gasteiger partial charge in [0, 0.05) is 23.1 Å². The Bertz CT molecular complexity index is 1590. The maximum Gasteiger partial charge on any atom is 0.313 e. The molecule has 238 valence electrons. The maximum atomic E-state index is 15.1. The zero-order valence-corrected chi connectivity index (χ0v) is 27.1. The number of rotatable bonds is 4. The molecular formula is C34H38BrN3O7. The van der Waals surface area contributed by atoms with Crippen LogP contribution in [-0.2, 0) is 28.7 Å². The summed E-state index contributed by atoms with van der Waals surface area (Å²) in [4.78, 5) is 58.9. The number of aliphatic hydroxyl groups excluding tert-OH is 1. The third-order valence-electron chi connectivity index (χ3n) is 9.39. The van der Waals surface area contributed by atoms with Gasteiger partial charge in [-0.2, -0.15) is 0 Å². The van der Waals surface area contributed by atoms with E-state index in [1.165, 1.54) is 4.90 Å². The molecule has 4 heterocycles. The molecule has 5 bridgehead atoms. The van der Waals surface area contributed by atoms with Crippen LogP contribution in [0.2, 0.25) is 0 Å². The zero-order chi connectivity index (χ0) is 32.0. The number of cyclic esters (lactones) is 1. The lowest BCUT2D eigenvalue weighted by atomic mass is 9.74. The van der Waals surface area contributed by atoms with Crippen molar-refractivity contribution in [1.82, 2.24) is 10.2 Å². The molecule has 45 heavy (non-hydrogen) atoms. The number of carbonyl (C=O) groups excluding carboxylic acids is 4. The number of fused-ring (bicyclic) bond motifs is 3. The number of nitrogens with one attached hydrogen (secondary N) is 1. The summed E-state index contributed by atoms with van der Waals surface area (Å²) < 4.78 is 12.9. The van der Waals surface area contributed by atoms with Crippen LogP contribution >= 0.6 is 15.9 Å². The van der Waals surface area contributed by atoms with Gasteiger partial charge in [0.25, 0.3) is 5.91 Å². The minimum absolute atomic E-state index is 0.121. The molecule has 0 aromatic heterocycles. The molecule has 2 aromatic rings. The van der Waals surface area contributed by atoms with Gasteiger partial charge in [0.1, 0.15) is 29.8 Å².